The van der Waals surface area contributed by atoms with Crippen molar-refractivity contribution in [3.05, 3.63) is 23.2 Å². The van der Waals surface area contributed by atoms with E-state index in [4.69, 9.17) is 16.7 Å². The normalized spacial score (nSPS) is 10.5. The summed E-state index contributed by atoms with van der Waals surface area (Å²) < 4.78 is 0. The van der Waals surface area contributed by atoms with E-state index in [-0.39, 0.29) is 10.8 Å². The fourth-order valence-electron chi connectivity index (χ4n) is 1.05. The zero-order valence-corrected chi connectivity index (χ0v) is 7.04. The van der Waals surface area contributed by atoms with Gasteiger partial charge in [-0.15, -0.1) is 0 Å². The van der Waals surface area contributed by atoms with Crippen LogP contribution in [-0.4, -0.2) is 26.0 Å². The number of aromatic nitrogens is 3. The maximum atomic E-state index is 10.7. The Hall–Kier alpha value is -1.62. The summed E-state index contributed by atoms with van der Waals surface area (Å²) >= 11 is 5.52. The summed E-state index contributed by atoms with van der Waals surface area (Å²) in [7, 11) is 0. The van der Waals surface area contributed by atoms with E-state index in [1.54, 1.807) is 0 Å². The van der Waals surface area contributed by atoms with Crippen molar-refractivity contribution in [2.24, 2.45) is 0 Å². The fraction of sp³-hybridized carbons (Fsp3) is 0. The van der Waals surface area contributed by atoms with Crippen molar-refractivity contribution < 1.29 is 9.90 Å². The second-order valence-electron chi connectivity index (χ2n) is 2.41. The highest BCUT2D eigenvalue weighted by atomic mass is 35.5. The second kappa shape index (κ2) is 2.70. The van der Waals surface area contributed by atoms with Crippen LogP contribution in [-0.2, 0) is 0 Å². The number of hydrogen-bond acceptors (Lipinski definition) is 3. The highest BCUT2D eigenvalue weighted by Gasteiger charge is 2.11. The van der Waals surface area contributed by atoms with Gasteiger partial charge in [0.1, 0.15) is 11.1 Å². The lowest BCUT2D eigenvalue weighted by molar-refractivity contribution is 0.0699. The molecule has 0 atom stereocenters. The van der Waals surface area contributed by atoms with E-state index in [1.165, 1.54) is 12.4 Å². The van der Waals surface area contributed by atoms with Gasteiger partial charge in [0.25, 0.3) is 0 Å². The van der Waals surface area contributed by atoms with Crippen LogP contribution >= 0.6 is 11.6 Å². The van der Waals surface area contributed by atoms with Gasteiger partial charge < -0.3 is 10.1 Å². The first-order chi connectivity index (χ1) is 6.18. The number of nitrogens with one attached hydrogen (secondary N) is 1. The number of H-pyrrole nitrogens is 1. The molecule has 2 heterocycles. The predicted molar refractivity (Wildman–Crippen MR) is 45.9 cm³/mol. The second-order valence-corrected chi connectivity index (χ2v) is 2.75. The number of aromatic amines is 1. The molecule has 0 aromatic carbocycles. The van der Waals surface area contributed by atoms with Crippen molar-refractivity contribution in [1.82, 2.24) is 15.0 Å². The molecule has 0 aliphatic rings. The third-order valence-corrected chi connectivity index (χ3v) is 1.80. The highest BCUT2D eigenvalue weighted by molar-refractivity contribution is 6.28. The quantitative estimate of drug-likeness (QED) is 0.676. The van der Waals surface area contributed by atoms with Crippen LogP contribution in [0.15, 0.2) is 12.4 Å². The van der Waals surface area contributed by atoms with Crippen LogP contribution in [0.25, 0.3) is 11.0 Å². The topological polar surface area (TPSA) is 78.9 Å². The molecule has 2 rings (SSSR count). The molecule has 0 spiro atoms. The van der Waals surface area contributed by atoms with Gasteiger partial charge in [-0.25, -0.2) is 14.8 Å². The van der Waals surface area contributed by atoms with Gasteiger partial charge in [-0.1, -0.05) is 0 Å². The van der Waals surface area contributed by atoms with E-state index >= 15 is 0 Å². The monoisotopic (exact) mass is 197 g/mol. The molecule has 0 saturated heterocycles. The molecule has 5 nitrogen and oxygen atoms in total. The Labute approximate surface area is 77.4 Å². The maximum Gasteiger partial charge on any atom is 0.339 e. The standard InChI is InChI=1S/C7H4ClN3O2/c8-7-10-2-4-5(11-7)3(1-9-4)6(12)13/h1-2,9H,(H,12,13). The van der Waals surface area contributed by atoms with Crippen LogP contribution in [0.1, 0.15) is 10.4 Å². The number of nitrogens with zero attached hydrogens (tertiary/aromatic N) is 2. The average Bonchev–Trinajstić information content (AvgIpc) is 2.46. The molecule has 0 aliphatic carbocycles. The number of carboxylic acids is 1. The van der Waals surface area contributed by atoms with E-state index in [0.29, 0.717) is 11.0 Å². The van der Waals surface area contributed by atoms with Gasteiger partial charge in [-0.2, -0.15) is 0 Å². The van der Waals surface area contributed by atoms with Crippen LogP contribution in [0, 0.1) is 0 Å². The van der Waals surface area contributed by atoms with E-state index in [2.05, 4.69) is 15.0 Å². The summed E-state index contributed by atoms with van der Waals surface area (Å²) in [6.45, 7) is 0. The first-order valence-electron chi connectivity index (χ1n) is 3.41. The number of rotatable bonds is 1. The zero-order chi connectivity index (χ0) is 9.42. The molecule has 66 valence electrons. The first-order valence-corrected chi connectivity index (χ1v) is 3.79. The molecule has 6 heteroatoms. The molecular weight excluding hydrogens is 194 g/mol. The Morgan fingerprint density at radius 3 is 3.08 bits per heavy atom. The minimum absolute atomic E-state index is 0.0367. The third-order valence-electron chi connectivity index (χ3n) is 1.62. The van der Waals surface area contributed by atoms with Gasteiger partial charge >= 0.3 is 5.97 Å². The molecule has 0 amide bonds. The van der Waals surface area contributed by atoms with Gasteiger partial charge in [0.2, 0.25) is 5.28 Å². The predicted octanol–water partition coefficient (Wildman–Crippen LogP) is 1.31. The number of carbonyl (C=O) groups is 1. The Balaban J connectivity index is 2.79. The van der Waals surface area contributed by atoms with Crippen molar-refractivity contribution in [2.75, 3.05) is 0 Å². The molecule has 2 aromatic rings. The van der Waals surface area contributed by atoms with Gasteiger partial charge in [-0.3, -0.25) is 0 Å². The van der Waals surface area contributed by atoms with E-state index < -0.39 is 5.97 Å². The van der Waals surface area contributed by atoms with Crippen LogP contribution in [0.3, 0.4) is 0 Å². The molecule has 0 unspecified atom stereocenters. The minimum Gasteiger partial charge on any atom is -0.478 e. The van der Waals surface area contributed by atoms with Gasteiger partial charge in [0.05, 0.1) is 11.7 Å². The van der Waals surface area contributed by atoms with E-state index in [1.807, 2.05) is 0 Å². The number of aromatic carboxylic acids is 1. The van der Waals surface area contributed by atoms with Crippen molar-refractivity contribution in [2.45, 2.75) is 0 Å². The van der Waals surface area contributed by atoms with Crippen molar-refractivity contribution in [3.8, 4) is 0 Å². The van der Waals surface area contributed by atoms with Crippen LogP contribution in [0.5, 0.6) is 0 Å². The summed E-state index contributed by atoms with van der Waals surface area (Å²) in [5, 5.41) is 8.78. The van der Waals surface area contributed by atoms with E-state index in [0.717, 1.165) is 0 Å². The third kappa shape index (κ3) is 1.23. The number of carboxylic acid groups (broad SMARTS) is 1. The van der Waals surface area contributed by atoms with Gasteiger partial charge in [0, 0.05) is 6.20 Å². The smallest absolute Gasteiger partial charge is 0.339 e. The summed E-state index contributed by atoms with van der Waals surface area (Å²) in [5.41, 5.74) is 0.980. The Bertz CT molecular complexity index is 480. The molecule has 2 aromatic heterocycles. The van der Waals surface area contributed by atoms with Gasteiger partial charge in [-0.05, 0) is 11.6 Å². The van der Waals surface area contributed by atoms with Crippen LogP contribution < -0.4 is 0 Å². The average molecular weight is 198 g/mol. The minimum atomic E-state index is -1.04. The van der Waals surface area contributed by atoms with Crippen molar-refractivity contribution in [1.29, 1.82) is 0 Å². The molecule has 0 aliphatic heterocycles. The maximum absolute atomic E-state index is 10.7. The van der Waals surface area contributed by atoms with Crippen molar-refractivity contribution in [3.63, 3.8) is 0 Å². The molecule has 0 radical (unpaired) electrons. The summed E-state index contributed by atoms with van der Waals surface area (Å²) in [6, 6.07) is 0. The molecule has 0 fully saturated rings. The number of halogens is 1. The Kier molecular flexibility index (Phi) is 1.66. The molecular formula is C7H4ClN3O2. The molecule has 0 saturated carbocycles. The summed E-state index contributed by atoms with van der Waals surface area (Å²) in [4.78, 5) is 20.9. The zero-order valence-electron chi connectivity index (χ0n) is 6.28. The Morgan fingerprint density at radius 1 is 1.62 bits per heavy atom. The SMILES string of the molecule is O=C(O)c1c[nH]c2cnc(Cl)nc12. The van der Waals surface area contributed by atoms with Crippen LogP contribution in [0.2, 0.25) is 5.28 Å². The summed E-state index contributed by atoms with van der Waals surface area (Å²) in [6.07, 6.45) is 2.80. The lowest BCUT2D eigenvalue weighted by Gasteiger charge is -1.91. The molecule has 13 heavy (non-hydrogen) atoms. The molecule has 2 N–H and O–H groups in total. The number of fused-ring (bicyclic) bond motifs is 1. The number of hydrogen-bond donors (Lipinski definition) is 2. The highest BCUT2D eigenvalue weighted by Crippen LogP contribution is 2.16. The lowest BCUT2D eigenvalue weighted by Crippen LogP contribution is -1.95. The largest absolute Gasteiger partial charge is 0.478 e. The Morgan fingerprint density at radius 2 is 2.38 bits per heavy atom. The molecule has 0 bridgehead atoms. The van der Waals surface area contributed by atoms with E-state index in [9.17, 15) is 4.79 Å². The first kappa shape index (κ1) is 8.00. The van der Waals surface area contributed by atoms with Crippen LogP contribution in [0.4, 0.5) is 0 Å². The lowest BCUT2D eigenvalue weighted by atomic mass is 10.3. The van der Waals surface area contributed by atoms with Gasteiger partial charge in [0.15, 0.2) is 0 Å². The summed E-state index contributed by atoms with van der Waals surface area (Å²) in [5.74, 6) is -1.04. The fourth-order valence-corrected chi connectivity index (χ4v) is 1.19. The van der Waals surface area contributed by atoms with Crippen molar-refractivity contribution >= 4 is 28.6 Å².